The van der Waals surface area contributed by atoms with E-state index in [1.807, 2.05) is 6.07 Å². The lowest BCUT2D eigenvalue weighted by Crippen LogP contribution is -2.38. The van der Waals surface area contributed by atoms with Gasteiger partial charge in [-0.1, -0.05) is 0 Å². The van der Waals surface area contributed by atoms with E-state index in [1.165, 1.54) is 12.1 Å². The molecule has 1 saturated heterocycles. The molecule has 0 saturated carbocycles. The number of rotatable bonds is 3. The second-order valence-corrected chi connectivity index (χ2v) is 5.76. The van der Waals surface area contributed by atoms with Crippen molar-refractivity contribution in [3.8, 4) is 11.8 Å². The van der Waals surface area contributed by atoms with E-state index < -0.39 is 11.6 Å². The van der Waals surface area contributed by atoms with Crippen LogP contribution >= 0.6 is 0 Å². The number of halogens is 2. The first-order valence-corrected chi connectivity index (χ1v) is 7.73. The Bertz CT molecular complexity index is 780. The molecule has 0 amide bonds. The number of hydrogen-bond donors (Lipinski definition) is 1. The van der Waals surface area contributed by atoms with E-state index in [9.17, 15) is 8.78 Å². The highest BCUT2D eigenvalue weighted by molar-refractivity contribution is 5.69. The van der Waals surface area contributed by atoms with Gasteiger partial charge in [-0.15, -0.1) is 0 Å². The Balaban J connectivity index is 1.62. The number of nitrogens with zero attached hydrogens (tertiary/aromatic N) is 2. The molecular formula is C18H17F2N3O. The van der Waals surface area contributed by atoms with Gasteiger partial charge in [-0.3, -0.25) is 0 Å². The molecule has 24 heavy (non-hydrogen) atoms. The first-order valence-electron chi connectivity index (χ1n) is 7.73. The summed E-state index contributed by atoms with van der Waals surface area (Å²) in [6.45, 7) is 1.42. The highest BCUT2D eigenvalue weighted by atomic mass is 19.1. The Hall–Kier alpha value is -2.81. The summed E-state index contributed by atoms with van der Waals surface area (Å²) >= 11 is 0. The molecule has 1 fully saturated rings. The molecule has 0 radical (unpaired) electrons. The number of nitrogen functional groups attached to an aromatic ring is 1. The van der Waals surface area contributed by atoms with Crippen molar-refractivity contribution in [1.82, 2.24) is 0 Å². The van der Waals surface area contributed by atoms with Crippen molar-refractivity contribution >= 4 is 11.4 Å². The van der Waals surface area contributed by atoms with Crippen LogP contribution in [0.4, 0.5) is 20.2 Å². The molecule has 2 aromatic rings. The zero-order chi connectivity index (χ0) is 17.1. The fourth-order valence-electron chi connectivity index (χ4n) is 2.88. The number of ether oxygens (including phenoxy) is 1. The van der Waals surface area contributed by atoms with Gasteiger partial charge < -0.3 is 15.4 Å². The first kappa shape index (κ1) is 16.1. The van der Waals surface area contributed by atoms with Crippen molar-refractivity contribution in [3.05, 3.63) is 53.6 Å². The molecule has 0 unspecified atom stereocenters. The number of anilines is 2. The molecule has 2 aromatic carbocycles. The fourth-order valence-corrected chi connectivity index (χ4v) is 2.88. The lowest BCUT2D eigenvalue weighted by atomic mass is 10.1. The highest BCUT2D eigenvalue weighted by Crippen LogP contribution is 2.29. The minimum atomic E-state index is -0.686. The third kappa shape index (κ3) is 3.40. The maximum absolute atomic E-state index is 13.7. The molecule has 2 N–H and O–H groups in total. The average molecular weight is 329 g/mol. The minimum absolute atomic E-state index is 0.0766. The van der Waals surface area contributed by atoms with Crippen molar-refractivity contribution in [2.45, 2.75) is 18.9 Å². The van der Waals surface area contributed by atoms with Gasteiger partial charge in [-0.05, 0) is 30.3 Å². The Morgan fingerprint density at radius 3 is 2.50 bits per heavy atom. The van der Waals surface area contributed by atoms with Crippen LogP contribution in [0.1, 0.15) is 18.4 Å². The van der Waals surface area contributed by atoms with Crippen molar-refractivity contribution in [2.75, 3.05) is 23.7 Å². The lowest BCUT2D eigenvalue weighted by Gasteiger charge is -2.34. The largest absolute Gasteiger partial charge is 0.487 e. The summed E-state index contributed by atoms with van der Waals surface area (Å²) in [6.07, 6.45) is 1.28. The summed E-state index contributed by atoms with van der Waals surface area (Å²) in [6, 6.07) is 10.6. The highest BCUT2D eigenvalue weighted by Gasteiger charge is 2.23. The van der Waals surface area contributed by atoms with Gasteiger partial charge in [-0.25, -0.2) is 8.78 Å². The second-order valence-electron chi connectivity index (χ2n) is 5.76. The van der Waals surface area contributed by atoms with Gasteiger partial charge in [0.1, 0.15) is 11.9 Å². The van der Waals surface area contributed by atoms with Crippen LogP contribution in [0, 0.1) is 23.0 Å². The minimum Gasteiger partial charge on any atom is -0.487 e. The van der Waals surface area contributed by atoms with Crippen LogP contribution in [0.3, 0.4) is 0 Å². The normalized spacial score (nSPS) is 15.1. The Kier molecular flexibility index (Phi) is 4.52. The van der Waals surface area contributed by atoms with Crippen molar-refractivity contribution < 1.29 is 13.5 Å². The summed E-state index contributed by atoms with van der Waals surface area (Å²) < 4.78 is 32.2. The molecule has 1 aliphatic rings. The van der Waals surface area contributed by atoms with Gasteiger partial charge in [0, 0.05) is 32.0 Å². The molecule has 0 aromatic heterocycles. The van der Waals surface area contributed by atoms with Gasteiger partial charge in [0.2, 0.25) is 0 Å². The van der Waals surface area contributed by atoms with Crippen LogP contribution in [0.2, 0.25) is 0 Å². The molecule has 0 spiro atoms. The average Bonchev–Trinajstić information content (AvgIpc) is 2.58. The number of piperidine rings is 1. The third-order valence-corrected chi connectivity index (χ3v) is 4.13. The Labute approximate surface area is 139 Å². The van der Waals surface area contributed by atoms with Crippen molar-refractivity contribution in [2.24, 2.45) is 0 Å². The SMILES string of the molecule is N#Cc1ccc(N2CCC(Oc3ccc(F)cc3F)CC2)c(N)c1. The van der Waals surface area contributed by atoms with Crippen LogP contribution in [-0.2, 0) is 0 Å². The van der Waals surface area contributed by atoms with Crippen LogP contribution in [-0.4, -0.2) is 19.2 Å². The monoisotopic (exact) mass is 329 g/mol. The van der Waals surface area contributed by atoms with E-state index in [0.29, 0.717) is 37.2 Å². The van der Waals surface area contributed by atoms with E-state index in [0.717, 1.165) is 11.8 Å². The third-order valence-electron chi connectivity index (χ3n) is 4.13. The molecule has 1 heterocycles. The Morgan fingerprint density at radius 2 is 1.88 bits per heavy atom. The fraction of sp³-hybridized carbons (Fsp3) is 0.278. The molecule has 0 aliphatic carbocycles. The lowest BCUT2D eigenvalue weighted by molar-refractivity contribution is 0.163. The standard InChI is InChI=1S/C18H17F2N3O/c19-13-2-4-18(15(20)10-13)24-14-5-7-23(8-6-14)17-3-1-12(11-21)9-16(17)22/h1-4,9-10,14H,5-8,22H2. The zero-order valence-electron chi connectivity index (χ0n) is 13.0. The predicted molar refractivity (Wildman–Crippen MR) is 87.8 cm³/mol. The van der Waals surface area contributed by atoms with E-state index in [1.54, 1.807) is 12.1 Å². The zero-order valence-corrected chi connectivity index (χ0v) is 13.0. The molecule has 0 bridgehead atoms. The van der Waals surface area contributed by atoms with Crippen LogP contribution < -0.4 is 15.4 Å². The summed E-state index contributed by atoms with van der Waals surface area (Å²) in [5, 5.41) is 8.89. The first-order chi connectivity index (χ1) is 11.6. The quantitative estimate of drug-likeness (QED) is 0.876. The molecule has 0 atom stereocenters. The molecule has 124 valence electrons. The van der Waals surface area contributed by atoms with Crippen LogP contribution in [0.5, 0.6) is 5.75 Å². The van der Waals surface area contributed by atoms with Gasteiger partial charge in [-0.2, -0.15) is 5.26 Å². The van der Waals surface area contributed by atoms with E-state index in [2.05, 4.69) is 11.0 Å². The molecular weight excluding hydrogens is 312 g/mol. The van der Waals surface area contributed by atoms with Crippen LogP contribution in [0.15, 0.2) is 36.4 Å². The van der Waals surface area contributed by atoms with Crippen molar-refractivity contribution in [3.63, 3.8) is 0 Å². The number of hydrogen-bond acceptors (Lipinski definition) is 4. The summed E-state index contributed by atoms with van der Waals surface area (Å²) in [5.74, 6) is -1.23. The van der Waals surface area contributed by atoms with Crippen molar-refractivity contribution in [1.29, 1.82) is 5.26 Å². The van der Waals surface area contributed by atoms with Gasteiger partial charge >= 0.3 is 0 Å². The summed E-state index contributed by atoms with van der Waals surface area (Å²) in [4.78, 5) is 2.12. The number of nitriles is 1. The number of benzene rings is 2. The number of nitrogens with two attached hydrogens (primary N) is 1. The summed E-state index contributed by atoms with van der Waals surface area (Å²) in [7, 11) is 0. The summed E-state index contributed by atoms with van der Waals surface area (Å²) in [5.41, 5.74) is 8.00. The molecule has 6 heteroatoms. The molecule has 1 aliphatic heterocycles. The maximum Gasteiger partial charge on any atom is 0.167 e. The molecule has 4 nitrogen and oxygen atoms in total. The van der Waals surface area contributed by atoms with E-state index >= 15 is 0 Å². The van der Waals surface area contributed by atoms with Gasteiger partial charge in [0.15, 0.2) is 11.6 Å². The Morgan fingerprint density at radius 1 is 1.12 bits per heavy atom. The maximum atomic E-state index is 13.7. The van der Waals surface area contributed by atoms with Gasteiger partial charge in [0.25, 0.3) is 0 Å². The van der Waals surface area contributed by atoms with E-state index in [-0.39, 0.29) is 11.9 Å². The smallest absolute Gasteiger partial charge is 0.167 e. The van der Waals surface area contributed by atoms with E-state index in [4.69, 9.17) is 15.7 Å². The molecule has 3 rings (SSSR count). The topological polar surface area (TPSA) is 62.3 Å². The van der Waals surface area contributed by atoms with Crippen LogP contribution in [0.25, 0.3) is 0 Å². The second kappa shape index (κ2) is 6.75. The van der Waals surface area contributed by atoms with Gasteiger partial charge in [0.05, 0.1) is 23.0 Å². The predicted octanol–water partition coefficient (Wildman–Crippen LogP) is 3.47.